The van der Waals surface area contributed by atoms with E-state index in [0.29, 0.717) is 24.4 Å². The van der Waals surface area contributed by atoms with Gasteiger partial charge in [0.1, 0.15) is 6.26 Å². The number of rotatable bonds is 4. The molecule has 1 atom stereocenters. The SMILES string of the molecule is Cc1coc(-c2cccc(NC(=O)CC3CCCC3(F)F)c2)n1. The van der Waals surface area contributed by atoms with Gasteiger partial charge in [0.05, 0.1) is 5.69 Å². The van der Waals surface area contributed by atoms with Gasteiger partial charge in [0.2, 0.25) is 11.8 Å². The van der Waals surface area contributed by atoms with Crippen molar-refractivity contribution in [3.05, 3.63) is 36.2 Å². The van der Waals surface area contributed by atoms with Crippen LogP contribution in [-0.2, 0) is 4.79 Å². The summed E-state index contributed by atoms with van der Waals surface area (Å²) in [7, 11) is 0. The Kier molecular flexibility index (Phi) is 4.15. The molecule has 2 aromatic rings. The van der Waals surface area contributed by atoms with Gasteiger partial charge in [-0.25, -0.2) is 13.8 Å². The molecular weight excluding hydrogens is 302 g/mol. The number of hydrogen-bond donors (Lipinski definition) is 1. The first-order valence-corrected chi connectivity index (χ1v) is 7.64. The smallest absolute Gasteiger partial charge is 0.251 e. The van der Waals surface area contributed by atoms with Crippen molar-refractivity contribution in [1.29, 1.82) is 0 Å². The number of amides is 1. The van der Waals surface area contributed by atoms with Crippen molar-refractivity contribution in [3.8, 4) is 11.5 Å². The van der Waals surface area contributed by atoms with Gasteiger partial charge in [0.15, 0.2) is 0 Å². The fraction of sp³-hybridized carbons (Fsp3) is 0.412. The third-order valence-corrected chi connectivity index (χ3v) is 4.10. The first-order valence-electron chi connectivity index (χ1n) is 7.64. The van der Waals surface area contributed by atoms with Gasteiger partial charge in [0, 0.05) is 30.0 Å². The topological polar surface area (TPSA) is 55.1 Å². The molecule has 0 spiro atoms. The highest BCUT2D eigenvalue weighted by atomic mass is 19.3. The predicted molar refractivity (Wildman–Crippen MR) is 82.2 cm³/mol. The van der Waals surface area contributed by atoms with Crippen molar-refractivity contribution in [1.82, 2.24) is 4.98 Å². The molecule has 1 aliphatic carbocycles. The van der Waals surface area contributed by atoms with Crippen LogP contribution in [0.15, 0.2) is 34.9 Å². The van der Waals surface area contributed by atoms with E-state index in [1.165, 1.54) is 0 Å². The van der Waals surface area contributed by atoms with Crippen molar-refractivity contribution in [2.24, 2.45) is 5.92 Å². The lowest BCUT2D eigenvalue weighted by molar-refractivity contribution is -0.120. The van der Waals surface area contributed by atoms with E-state index in [1.807, 2.05) is 13.0 Å². The molecule has 0 saturated heterocycles. The molecule has 0 aliphatic heterocycles. The van der Waals surface area contributed by atoms with Crippen molar-refractivity contribution in [2.75, 3.05) is 5.32 Å². The number of nitrogens with zero attached hydrogens (tertiary/aromatic N) is 1. The number of benzene rings is 1. The number of aryl methyl sites for hydroxylation is 1. The molecule has 6 heteroatoms. The van der Waals surface area contributed by atoms with Crippen LogP contribution in [0.2, 0.25) is 0 Å². The van der Waals surface area contributed by atoms with Crippen LogP contribution in [0.1, 0.15) is 31.4 Å². The molecule has 1 saturated carbocycles. The third-order valence-electron chi connectivity index (χ3n) is 4.10. The van der Waals surface area contributed by atoms with Crippen molar-refractivity contribution < 1.29 is 18.0 Å². The molecule has 1 aromatic heterocycles. The highest BCUT2D eigenvalue weighted by Crippen LogP contribution is 2.42. The molecule has 1 fully saturated rings. The Bertz CT molecular complexity index is 712. The number of aromatic nitrogens is 1. The summed E-state index contributed by atoms with van der Waals surface area (Å²) in [6.45, 7) is 1.82. The van der Waals surface area contributed by atoms with Crippen molar-refractivity contribution in [2.45, 2.75) is 38.5 Å². The standard InChI is InChI=1S/C17H18F2N2O2/c1-11-10-23-16(20-11)12-4-2-6-14(8-12)21-15(22)9-13-5-3-7-17(13,18)19/h2,4,6,8,10,13H,3,5,7,9H2,1H3,(H,21,22). The quantitative estimate of drug-likeness (QED) is 0.907. The molecule has 1 N–H and O–H groups in total. The first kappa shape index (κ1) is 15.6. The molecule has 1 aliphatic rings. The zero-order chi connectivity index (χ0) is 16.4. The maximum Gasteiger partial charge on any atom is 0.251 e. The summed E-state index contributed by atoms with van der Waals surface area (Å²) in [5.41, 5.74) is 2.03. The van der Waals surface area contributed by atoms with E-state index in [0.717, 1.165) is 11.3 Å². The number of anilines is 1. The summed E-state index contributed by atoms with van der Waals surface area (Å²) in [6.07, 6.45) is 2.14. The highest BCUT2D eigenvalue weighted by molar-refractivity contribution is 5.91. The number of carbonyl (C=O) groups is 1. The molecule has 122 valence electrons. The summed E-state index contributed by atoms with van der Waals surface area (Å²) in [4.78, 5) is 16.2. The molecule has 23 heavy (non-hydrogen) atoms. The Morgan fingerprint density at radius 2 is 2.30 bits per heavy atom. The monoisotopic (exact) mass is 320 g/mol. The van der Waals surface area contributed by atoms with Crippen LogP contribution in [0, 0.1) is 12.8 Å². The summed E-state index contributed by atoms with van der Waals surface area (Å²) in [5.74, 6) is -3.52. The van der Waals surface area contributed by atoms with E-state index in [9.17, 15) is 13.6 Å². The molecule has 0 radical (unpaired) electrons. The molecule has 1 heterocycles. The number of carbonyl (C=O) groups excluding carboxylic acids is 1. The number of halogens is 2. The van der Waals surface area contributed by atoms with Crippen LogP contribution in [-0.4, -0.2) is 16.8 Å². The lowest BCUT2D eigenvalue weighted by Crippen LogP contribution is -2.26. The number of alkyl halides is 2. The van der Waals surface area contributed by atoms with Crippen LogP contribution < -0.4 is 5.32 Å². The number of hydrogen-bond acceptors (Lipinski definition) is 3. The summed E-state index contributed by atoms with van der Waals surface area (Å²) < 4.78 is 32.5. The van der Waals surface area contributed by atoms with Gasteiger partial charge < -0.3 is 9.73 Å². The maximum absolute atomic E-state index is 13.6. The second kappa shape index (κ2) is 6.10. The number of oxazole rings is 1. The molecule has 3 rings (SSSR count). The highest BCUT2D eigenvalue weighted by Gasteiger charge is 2.44. The van der Waals surface area contributed by atoms with Gasteiger partial charge in [-0.05, 0) is 38.0 Å². The molecule has 1 amide bonds. The van der Waals surface area contributed by atoms with E-state index in [2.05, 4.69) is 10.3 Å². The third kappa shape index (κ3) is 3.57. The second-order valence-electron chi connectivity index (χ2n) is 5.98. The zero-order valence-electron chi connectivity index (χ0n) is 12.8. The summed E-state index contributed by atoms with van der Waals surface area (Å²) in [6, 6.07) is 7.00. The van der Waals surface area contributed by atoms with Crippen LogP contribution in [0.4, 0.5) is 14.5 Å². The van der Waals surface area contributed by atoms with Gasteiger partial charge in [-0.3, -0.25) is 4.79 Å². The van der Waals surface area contributed by atoms with Crippen molar-refractivity contribution in [3.63, 3.8) is 0 Å². The van der Waals surface area contributed by atoms with Gasteiger partial charge in [-0.1, -0.05) is 6.07 Å². The van der Waals surface area contributed by atoms with E-state index in [4.69, 9.17) is 4.42 Å². The lowest BCUT2D eigenvalue weighted by atomic mass is 10.0. The normalized spacial score (nSPS) is 19.7. The zero-order valence-corrected chi connectivity index (χ0v) is 12.8. The molecule has 1 aromatic carbocycles. The van der Waals surface area contributed by atoms with Gasteiger partial charge in [0.25, 0.3) is 5.92 Å². The van der Waals surface area contributed by atoms with Crippen LogP contribution in [0.5, 0.6) is 0 Å². The largest absolute Gasteiger partial charge is 0.444 e. The Labute approximate surface area is 132 Å². The van der Waals surface area contributed by atoms with E-state index >= 15 is 0 Å². The molecule has 4 nitrogen and oxygen atoms in total. The summed E-state index contributed by atoms with van der Waals surface area (Å²) in [5, 5.41) is 2.68. The summed E-state index contributed by atoms with van der Waals surface area (Å²) >= 11 is 0. The van der Waals surface area contributed by atoms with Gasteiger partial charge in [-0.15, -0.1) is 0 Å². The Balaban J connectivity index is 1.67. The van der Waals surface area contributed by atoms with Gasteiger partial charge in [-0.2, -0.15) is 0 Å². The maximum atomic E-state index is 13.6. The Morgan fingerprint density at radius 3 is 2.96 bits per heavy atom. The van der Waals surface area contributed by atoms with E-state index in [1.54, 1.807) is 24.5 Å². The number of nitrogens with one attached hydrogen (secondary N) is 1. The van der Waals surface area contributed by atoms with Crippen LogP contribution in [0.25, 0.3) is 11.5 Å². The average molecular weight is 320 g/mol. The minimum absolute atomic E-state index is 0.121. The predicted octanol–water partition coefficient (Wildman–Crippen LogP) is 4.41. The molecule has 1 unspecified atom stereocenters. The van der Waals surface area contributed by atoms with Crippen molar-refractivity contribution >= 4 is 11.6 Å². The lowest BCUT2D eigenvalue weighted by Gasteiger charge is -2.18. The molecule has 0 bridgehead atoms. The second-order valence-corrected chi connectivity index (χ2v) is 5.98. The average Bonchev–Trinajstić information content (AvgIpc) is 3.06. The van der Waals surface area contributed by atoms with E-state index < -0.39 is 17.7 Å². The minimum Gasteiger partial charge on any atom is -0.444 e. The Morgan fingerprint density at radius 1 is 1.48 bits per heavy atom. The molecular formula is C17H18F2N2O2. The van der Waals surface area contributed by atoms with Crippen LogP contribution in [0.3, 0.4) is 0 Å². The van der Waals surface area contributed by atoms with Gasteiger partial charge >= 0.3 is 0 Å². The minimum atomic E-state index is -2.73. The first-order chi connectivity index (χ1) is 10.9. The fourth-order valence-corrected chi connectivity index (χ4v) is 2.90. The van der Waals surface area contributed by atoms with Crippen LogP contribution >= 0.6 is 0 Å². The van der Waals surface area contributed by atoms with E-state index in [-0.39, 0.29) is 12.8 Å². The Hall–Kier alpha value is -2.24. The fourth-order valence-electron chi connectivity index (χ4n) is 2.90.